The van der Waals surface area contributed by atoms with E-state index in [1.807, 2.05) is 11.4 Å². The highest BCUT2D eigenvalue weighted by Gasteiger charge is 2.10. The second kappa shape index (κ2) is 6.77. The first-order valence-electron chi connectivity index (χ1n) is 6.37. The van der Waals surface area contributed by atoms with E-state index in [-0.39, 0.29) is 11.7 Å². The maximum Gasteiger partial charge on any atom is 0.224 e. The van der Waals surface area contributed by atoms with Crippen molar-refractivity contribution in [2.75, 3.05) is 5.32 Å². The SMILES string of the molecule is Cc1cc(Cl)cc(NC(=O)CCCc2cccs2)c1O. The van der Waals surface area contributed by atoms with Crippen molar-refractivity contribution in [3.05, 3.63) is 45.1 Å². The molecule has 0 aliphatic carbocycles. The Kier molecular flexibility index (Phi) is 5.04. The van der Waals surface area contributed by atoms with Crippen molar-refractivity contribution in [2.24, 2.45) is 0 Å². The number of phenolic OH excluding ortho intramolecular Hbond substituents is 1. The van der Waals surface area contributed by atoms with Crippen LogP contribution in [-0.4, -0.2) is 11.0 Å². The predicted molar refractivity (Wildman–Crippen MR) is 83.7 cm³/mol. The average Bonchev–Trinajstić information content (AvgIpc) is 2.88. The second-order valence-corrected chi connectivity index (χ2v) is 6.07. The molecule has 0 bridgehead atoms. The number of carbonyl (C=O) groups is 1. The Labute approximate surface area is 127 Å². The monoisotopic (exact) mass is 309 g/mol. The third-order valence-corrected chi connectivity index (χ3v) is 4.10. The molecule has 0 aliphatic rings. The number of carbonyl (C=O) groups excluding carboxylic acids is 1. The van der Waals surface area contributed by atoms with E-state index in [2.05, 4.69) is 11.4 Å². The van der Waals surface area contributed by atoms with Crippen molar-refractivity contribution >= 4 is 34.5 Å². The topological polar surface area (TPSA) is 49.3 Å². The number of thiophene rings is 1. The van der Waals surface area contributed by atoms with Crippen LogP contribution in [0.1, 0.15) is 23.3 Å². The van der Waals surface area contributed by atoms with Crippen molar-refractivity contribution in [1.29, 1.82) is 0 Å². The molecule has 106 valence electrons. The fraction of sp³-hybridized carbons (Fsp3) is 0.267. The van der Waals surface area contributed by atoms with Crippen molar-refractivity contribution in [1.82, 2.24) is 0 Å². The molecule has 20 heavy (non-hydrogen) atoms. The number of halogens is 1. The van der Waals surface area contributed by atoms with Crippen LogP contribution in [0.25, 0.3) is 0 Å². The normalized spacial score (nSPS) is 10.5. The second-order valence-electron chi connectivity index (χ2n) is 4.60. The van der Waals surface area contributed by atoms with Crippen LogP contribution < -0.4 is 5.32 Å². The zero-order chi connectivity index (χ0) is 14.5. The van der Waals surface area contributed by atoms with Gasteiger partial charge in [0.1, 0.15) is 5.75 Å². The highest BCUT2D eigenvalue weighted by atomic mass is 35.5. The number of phenols is 1. The van der Waals surface area contributed by atoms with Gasteiger partial charge in [-0.2, -0.15) is 0 Å². The van der Waals surface area contributed by atoms with Crippen molar-refractivity contribution < 1.29 is 9.90 Å². The Hall–Kier alpha value is -1.52. The summed E-state index contributed by atoms with van der Waals surface area (Å²) < 4.78 is 0. The molecule has 0 saturated heterocycles. The zero-order valence-electron chi connectivity index (χ0n) is 11.1. The van der Waals surface area contributed by atoms with Crippen LogP contribution in [0.4, 0.5) is 5.69 Å². The third-order valence-electron chi connectivity index (χ3n) is 2.95. The fourth-order valence-electron chi connectivity index (χ4n) is 1.92. The largest absolute Gasteiger partial charge is 0.505 e. The molecule has 0 spiro atoms. The van der Waals surface area contributed by atoms with Crippen LogP contribution >= 0.6 is 22.9 Å². The molecule has 0 radical (unpaired) electrons. The van der Waals surface area contributed by atoms with Gasteiger partial charge in [0, 0.05) is 16.3 Å². The van der Waals surface area contributed by atoms with Gasteiger partial charge < -0.3 is 10.4 Å². The number of nitrogens with one attached hydrogen (secondary N) is 1. The lowest BCUT2D eigenvalue weighted by molar-refractivity contribution is -0.116. The molecule has 2 N–H and O–H groups in total. The van der Waals surface area contributed by atoms with E-state index in [0.29, 0.717) is 22.7 Å². The summed E-state index contributed by atoms with van der Waals surface area (Å²) in [5.41, 5.74) is 1.02. The van der Waals surface area contributed by atoms with E-state index < -0.39 is 0 Å². The molecule has 1 heterocycles. The van der Waals surface area contributed by atoms with E-state index >= 15 is 0 Å². The number of rotatable bonds is 5. The van der Waals surface area contributed by atoms with Crippen LogP contribution in [0.2, 0.25) is 5.02 Å². The summed E-state index contributed by atoms with van der Waals surface area (Å²) in [5.74, 6) is -0.0421. The van der Waals surface area contributed by atoms with E-state index in [1.54, 1.807) is 30.4 Å². The standard InChI is InChI=1S/C15H16ClNO2S/c1-10-8-11(16)9-13(15(10)19)17-14(18)6-2-4-12-5-3-7-20-12/h3,5,7-9,19H,2,4,6H2,1H3,(H,17,18). The maximum absolute atomic E-state index is 11.9. The smallest absolute Gasteiger partial charge is 0.224 e. The molecule has 3 nitrogen and oxygen atoms in total. The summed E-state index contributed by atoms with van der Waals surface area (Å²) in [6.45, 7) is 1.74. The van der Waals surface area contributed by atoms with Gasteiger partial charge in [-0.05, 0) is 48.9 Å². The van der Waals surface area contributed by atoms with Crippen LogP contribution in [0.3, 0.4) is 0 Å². The first-order chi connectivity index (χ1) is 9.56. The van der Waals surface area contributed by atoms with Crippen LogP contribution in [0.15, 0.2) is 29.6 Å². The summed E-state index contributed by atoms with van der Waals surface area (Å²) in [7, 11) is 0. The molecule has 1 aromatic carbocycles. The lowest BCUT2D eigenvalue weighted by atomic mass is 10.1. The van der Waals surface area contributed by atoms with Gasteiger partial charge >= 0.3 is 0 Å². The molecule has 1 amide bonds. The molecule has 2 rings (SSSR count). The van der Waals surface area contributed by atoms with Crippen LogP contribution in [0, 0.1) is 6.92 Å². The molecular weight excluding hydrogens is 294 g/mol. The summed E-state index contributed by atoms with van der Waals surface area (Å²) in [5, 5.41) is 15.1. The minimum atomic E-state index is -0.112. The van der Waals surface area contributed by atoms with Gasteiger partial charge in [-0.25, -0.2) is 0 Å². The van der Waals surface area contributed by atoms with Gasteiger partial charge in [-0.15, -0.1) is 11.3 Å². The average molecular weight is 310 g/mol. The summed E-state index contributed by atoms with van der Waals surface area (Å²) in [6, 6.07) is 7.28. The quantitative estimate of drug-likeness (QED) is 0.805. The molecule has 2 aromatic rings. The summed E-state index contributed by atoms with van der Waals surface area (Å²) in [6.07, 6.45) is 2.10. The Morgan fingerprint density at radius 3 is 2.95 bits per heavy atom. The fourth-order valence-corrected chi connectivity index (χ4v) is 2.95. The number of aromatic hydroxyl groups is 1. The first kappa shape index (κ1) is 14.9. The lowest BCUT2D eigenvalue weighted by Crippen LogP contribution is -2.11. The van der Waals surface area contributed by atoms with Gasteiger partial charge in [-0.1, -0.05) is 17.7 Å². The highest BCUT2D eigenvalue weighted by Crippen LogP contribution is 2.31. The van der Waals surface area contributed by atoms with Gasteiger partial charge in [0.25, 0.3) is 0 Å². The summed E-state index contributed by atoms with van der Waals surface area (Å²) in [4.78, 5) is 13.1. The Balaban J connectivity index is 1.88. The Bertz CT molecular complexity index is 596. The molecule has 0 unspecified atom stereocenters. The van der Waals surface area contributed by atoms with Gasteiger partial charge in [-0.3, -0.25) is 4.79 Å². The van der Waals surface area contributed by atoms with Gasteiger partial charge in [0.15, 0.2) is 0 Å². The van der Waals surface area contributed by atoms with E-state index in [1.165, 1.54) is 4.88 Å². The summed E-state index contributed by atoms with van der Waals surface area (Å²) >= 11 is 7.61. The molecular formula is C15H16ClNO2S. The predicted octanol–water partition coefficient (Wildman–Crippen LogP) is 4.38. The molecule has 0 aliphatic heterocycles. The van der Waals surface area contributed by atoms with Gasteiger partial charge in [0.05, 0.1) is 5.69 Å². The number of hydrogen-bond donors (Lipinski definition) is 2. The zero-order valence-corrected chi connectivity index (χ0v) is 12.7. The molecule has 0 fully saturated rings. The number of anilines is 1. The van der Waals surface area contributed by atoms with Crippen molar-refractivity contribution in [3.63, 3.8) is 0 Å². The Morgan fingerprint density at radius 2 is 2.25 bits per heavy atom. The number of aryl methyl sites for hydroxylation is 2. The number of hydrogen-bond acceptors (Lipinski definition) is 3. The third kappa shape index (κ3) is 3.99. The first-order valence-corrected chi connectivity index (χ1v) is 7.63. The molecule has 5 heteroatoms. The molecule has 0 saturated carbocycles. The van der Waals surface area contributed by atoms with Crippen molar-refractivity contribution in [3.8, 4) is 5.75 Å². The minimum absolute atomic E-state index is 0.0704. The van der Waals surface area contributed by atoms with Crippen molar-refractivity contribution in [2.45, 2.75) is 26.2 Å². The number of amides is 1. The van der Waals surface area contributed by atoms with E-state index in [4.69, 9.17) is 11.6 Å². The van der Waals surface area contributed by atoms with Crippen LogP contribution in [0.5, 0.6) is 5.75 Å². The molecule has 1 aromatic heterocycles. The van der Waals surface area contributed by atoms with E-state index in [9.17, 15) is 9.90 Å². The minimum Gasteiger partial charge on any atom is -0.505 e. The van der Waals surface area contributed by atoms with Crippen LogP contribution in [-0.2, 0) is 11.2 Å². The van der Waals surface area contributed by atoms with E-state index in [0.717, 1.165) is 12.8 Å². The lowest BCUT2D eigenvalue weighted by Gasteiger charge is -2.09. The van der Waals surface area contributed by atoms with Gasteiger partial charge in [0.2, 0.25) is 5.91 Å². The number of benzene rings is 1. The highest BCUT2D eigenvalue weighted by molar-refractivity contribution is 7.09. The Morgan fingerprint density at radius 1 is 1.45 bits per heavy atom. The molecule has 0 atom stereocenters. The maximum atomic E-state index is 11.9.